The number of amides is 1. The van der Waals surface area contributed by atoms with E-state index in [4.69, 9.17) is 9.47 Å². The fourth-order valence-electron chi connectivity index (χ4n) is 2.87. The summed E-state index contributed by atoms with van der Waals surface area (Å²) >= 11 is 0. The lowest BCUT2D eigenvalue weighted by Crippen LogP contribution is -2.30. The molecule has 1 amide bonds. The van der Waals surface area contributed by atoms with Crippen molar-refractivity contribution in [1.29, 1.82) is 0 Å². The van der Waals surface area contributed by atoms with Crippen LogP contribution in [0.1, 0.15) is 35.0 Å². The number of ether oxygens (including phenoxy) is 2. The van der Waals surface area contributed by atoms with E-state index in [9.17, 15) is 9.59 Å². The summed E-state index contributed by atoms with van der Waals surface area (Å²) in [5.41, 5.74) is 1.39. The number of hydrogen-bond acceptors (Lipinski definition) is 5. The van der Waals surface area contributed by atoms with E-state index in [0.29, 0.717) is 24.6 Å². The Hall–Kier alpha value is -2.80. The Bertz CT molecular complexity index is 847. The predicted octanol–water partition coefficient (Wildman–Crippen LogP) is 1.88. The van der Waals surface area contributed by atoms with Crippen molar-refractivity contribution in [3.63, 3.8) is 0 Å². The Balaban J connectivity index is 1.61. The summed E-state index contributed by atoms with van der Waals surface area (Å²) in [6.07, 6.45) is 1.04. The Morgan fingerprint density at radius 2 is 2.04 bits per heavy atom. The second-order valence-corrected chi connectivity index (χ2v) is 6.33. The highest BCUT2D eigenvalue weighted by molar-refractivity contribution is 5.93. The first-order chi connectivity index (χ1) is 12.6. The van der Waals surface area contributed by atoms with E-state index in [0.717, 1.165) is 24.2 Å². The van der Waals surface area contributed by atoms with Crippen molar-refractivity contribution in [1.82, 2.24) is 15.2 Å². The average molecular weight is 357 g/mol. The molecule has 7 nitrogen and oxygen atoms in total. The van der Waals surface area contributed by atoms with Gasteiger partial charge in [-0.15, -0.1) is 0 Å². The van der Waals surface area contributed by atoms with E-state index in [-0.39, 0.29) is 17.9 Å². The van der Waals surface area contributed by atoms with Gasteiger partial charge in [0, 0.05) is 18.8 Å². The minimum absolute atomic E-state index is 0.104. The third-order valence-electron chi connectivity index (χ3n) is 4.15. The van der Waals surface area contributed by atoms with E-state index in [1.807, 2.05) is 19.2 Å². The average Bonchev–Trinajstić information content (AvgIpc) is 3.07. The number of hydrogen-bond donors (Lipinski definition) is 2. The van der Waals surface area contributed by atoms with Gasteiger partial charge in [-0.25, -0.2) is 0 Å². The second-order valence-electron chi connectivity index (χ2n) is 6.33. The van der Waals surface area contributed by atoms with Gasteiger partial charge in [-0.05, 0) is 49.8 Å². The number of H-pyrrole nitrogens is 1. The largest absolute Gasteiger partial charge is 0.454 e. The number of pyridine rings is 1. The smallest absolute Gasteiger partial charge is 0.261 e. The summed E-state index contributed by atoms with van der Waals surface area (Å²) in [6.45, 7) is 4.20. The van der Waals surface area contributed by atoms with E-state index in [2.05, 4.69) is 22.1 Å². The third kappa shape index (κ3) is 4.23. The fraction of sp³-hybridized carbons (Fsp3) is 0.368. The highest BCUT2D eigenvalue weighted by atomic mass is 16.7. The highest BCUT2D eigenvalue weighted by Gasteiger charge is 2.15. The SMILES string of the molecule is CCCN(C)Cc1ccc(C(=O)NCc2ccc3c(c2)OCO3)c(=O)[nH]1. The molecule has 2 aromatic rings. The summed E-state index contributed by atoms with van der Waals surface area (Å²) in [5.74, 6) is 0.952. The van der Waals surface area contributed by atoms with Crippen LogP contribution in [-0.2, 0) is 13.1 Å². The van der Waals surface area contributed by atoms with Crippen molar-refractivity contribution in [2.75, 3.05) is 20.4 Å². The number of aromatic nitrogens is 1. The Kier molecular flexibility index (Phi) is 5.58. The van der Waals surface area contributed by atoms with Gasteiger partial charge in [0.2, 0.25) is 6.79 Å². The highest BCUT2D eigenvalue weighted by Crippen LogP contribution is 2.32. The second kappa shape index (κ2) is 8.05. The molecular weight excluding hydrogens is 334 g/mol. The van der Waals surface area contributed by atoms with Crippen LogP contribution >= 0.6 is 0 Å². The van der Waals surface area contributed by atoms with Gasteiger partial charge < -0.3 is 24.7 Å². The van der Waals surface area contributed by atoms with Gasteiger partial charge >= 0.3 is 0 Å². The fourth-order valence-corrected chi connectivity index (χ4v) is 2.87. The molecule has 0 unspecified atom stereocenters. The summed E-state index contributed by atoms with van der Waals surface area (Å²) in [5, 5.41) is 2.76. The van der Waals surface area contributed by atoms with Gasteiger partial charge in [-0.2, -0.15) is 0 Å². The maximum absolute atomic E-state index is 12.3. The molecule has 0 bridgehead atoms. The van der Waals surface area contributed by atoms with Gasteiger partial charge in [0.25, 0.3) is 11.5 Å². The molecule has 138 valence electrons. The molecule has 0 saturated heterocycles. The number of nitrogens with one attached hydrogen (secondary N) is 2. The first-order valence-electron chi connectivity index (χ1n) is 8.64. The topological polar surface area (TPSA) is 83.7 Å². The molecule has 1 aliphatic heterocycles. The summed E-state index contributed by atoms with van der Waals surface area (Å²) in [4.78, 5) is 29.4. The molecule has 2 heterocycles. The lowest BCUT2D eigenvalue weighted by Gasteiger charge is -2.15. The minimum Gasteiger partial charge on any atom is -0.454 e. The van der Waals surface area contributed by atoms with Crippen LogP contribution in [-0.4, -0.2) is 36.2 Å². The van der Waals surface area contributed by atoms with Gasteiger partial charge in [0.15, 0.2) is 11.5 Å². The Labute approximate surface area is 151 Å². The molecule has 7 heteroatoms. The molecule has 1 aromatic heterocycles. The summed E-state index contributed by atoms with van der Waals surface area (Å²) < 4.78 is 10.6. The maximum atomic E-state index is 12.3. The van der Waals surface area contributed by atoms with Crippen LogP contribution in [0.5, 0.6) is 11.5 Å². The standard InChI is InChI=1S/C19H23N3O4/c1-3-8-22(2)11-14-5-6-15(19(24)21-14)18(23)20-10-13-4-7-16-17(9-13)26-12-25-16/h4-7,9H,3,8,10-12H2,1-2H3,(H,20,23)(H,21,24). The molecule has 0 spiro atoms. The van der Waals surface area contributed by atoms with Crippen LogP contribution in [0.3, 0.4) is 0 Å². The molecule has 2 N–H and O–H groups in total. The zero-order valence-corrected chi connectivity index (χ0v) is 15.0. The Morgan fingerprint density at radius 3 is 2.81 bits per heavy atom. The quantitative estimate of drug-likeness (QED) is 0.790. The monoisotopic (exact) mass is 357 g/mol. The van der Waals surface area contributed by atoms with E-state index in [1.54, 1.807) is 18.2 Å². The van der Waals surface area contributed by atoms with Crippen LogP contribution in [0.15, 0.2) is 35.1 Å². The van der Waals surface area contributed by atoms with Crippen molar-refractivity contribution >= 4 is 5.91 Å². The molecular formula is C19H23N3O4. The minimum atomic E-state index is -0.405. The molecule has 1 aromatic carbocycles. The molecule has 0 radical (unpaired) electrons. The first kappa shape index (κ1) is 18.0. The lowest BCUT2D eigenvalue weighted by molar-refractivity contribution is 0.0949. The lowest BCUT2D eigenvalue weighted by atomic mass is 10.2. The van der Waals surface area contributed by atoms with E-state index in [1.165, 1.54) is 0 Å². The van der Waals surface area contributed by atoms with Crippen LogP contribution in [0.4, 0.5) is 0 Å². The number of aromatic amines is 1. The molecule has 3 rings (SSSR count). The maximum Gasteiger partial charge on any atom is 0.261 e. The van der Waals surface area contributed by atoms with Crippen molar-refractivity contribution in [3.8, 4) is 11.5 Å². The molecule has 0 aliphatic carbocycles. The van der Waals surface area contributed by atoms with Gasteiger partial charge in [0.05, 0.1) is 0 Å². The van der Waals surface area contributed by atoms with Crippen molar-refractivity contribution in [2.45, 2.75) is 26.4 Å². The molecule has 1 aliphatic rings. The number of carbonyl (C=O) groups excluding carboxylic acids is 1. The van der Waals surface area contributed by atoms with Crippen molar-refractivity contribution in [2.24, 2.45) is 0 Å². The number of rotatable bonds is 7. The van der Waals surface area contributed by atoms with E-state index >= 15 is 0 Å². The molecule has 0 fully saturated rings. The normalized spacial score (nSPS) is 12.4. The van der Waals surface area contributed by atoms with Crippen molar-refractivity contribution in [3.05, 3.63) is 57.5 Å². The molecule has 0 saturated carbocycles. The van der Waals surface area contributed by atoms with Crippen LogP contribution in [0.25, 0.3) is 0 Å². The number of benzene rings is 1. The van der Waals surface area contributed by atoms with Crippen LogP contribution in [0.2, 0.25) is 0 Å². The summed E-state index contributed by atoms with van der Waals surface area (Å²) in [7, 11) is 1.99. The van der Waals surface area contributed by atoms with Crippen molar-refractivity contribution < 1.29 is 14.3 Å². The summed E-state index contributed by atoms with van der Waals surface area (Å²) in [6, 6.07) is 8.83. The van der Waals surface area contributed by atoms with Crippen LogP contribution in [0, 0.1) is 0 Å². The zero-order chi connectivity index (χ0) is 18.5. The predicted molar refractivity (Wildman–Crippen MR) is 97.4 cm³/mol. The Morgan fingerprint density at radius 1 is 1.23 bits per heavy atom. The zero-order valence-electron chi connectivity index (χ0n) is 15.0. The number of nitrogens with zero attached hydrogens (tertiary/aromatic N) is 1. The van der Waals surface area contributed by atoms with Gasteiger partial charge in [-0.3, -0.25) is 9.59 Å². The number of fused-ring (bicyclic) bond motifs is 1. The molecule has 0 atom stereocenters. The third-order valence-corrected chi connectivity index (χ3v) is 4.15. The van der Waals surface area contributed by atoms with Gasteiger partial charge in [-0.1, -0.05) is 13.0 Å². The molecule has 26 heavy (non-hydrogen) atoms. The van der Waals surface area contributed by atoms with Gasteiger partial charge in [0.1, 0.15) is 5.56 Å². The first-order valence-corrected chi connectivity index (χ1v) is 8.64. The van der Waals surface area contributed by atoms with Crippen LogP contribution < -0.4 is 20.3 Å². The van der Waals surface area contributed by atoms with E-state index < -0.39 is 5.91 Å². The number of carbonyl (C=O) groups is 1.